The number of hydrogen-bond donors (Lipinski definition) is 2. The SMILES string of the molecule is CNC(=O)CN1CCC(NCc2cccc(OC(C)C)c2)CC1. The average molecular weight is 319 g/mol. The van der Waals surface area contributed by atoms with Crippen molar-refractivity contribution in [2.45, 2.75) is 45.4 Å². The van der Waals surface area contributed by atoms with Gasteiger partial charge in [-0.2, -0.15) is 0 Å². The van der Waals surface area contributed by atoms with Gasteiger partial charge in [0, 0.05) is 32.7 Å². The van der Waals surface area contributed by atoms with Crippen molar-refractivity contribution in [3.8, 4) is 5.75 Å². The molecule has 0 spiro atoms. The zero-order valence-electron chi connectivity index (χ0n) is 14.5. The molecule has 1 aromatic carbocycles. The topological polar surface area (TPSA) is 53.6 Å². The van der Waals surface area contributed by atoms with E-state index in [0.29, 0.717) is 12.6 Å². The number of ether oxygens (including phenoxy) is 1. The lowest BCUT2D eigenvalue weighted by molar-refractivity contribution is -0.122. The number of nitrogens with one attached hydrogen (secondary N) is 2. The van der Waals surface area contributed by atoms with E-state index < -0.39 is 0 Å². The molecule has 0 radical (unpaired) electrons. The number of amides is 1. The van der Waals surface area contributed by atoms with Gasteiger partial charge >= 0.3 is 0 Å². The Morgan fingerprint density at radius 1 is 1.35 bits per heavy atom. The van der Waals surface area contributed by atoms with Crippen molar-refractivity contribution in [2.75, 3.05) is 26.7 Å². The number of piperidine rings is 1. The van der Waals surface area contributed by atoms with Crippen LogP contribution in [0.25, 0.3) is 0 Å². The highest BCUT2D eigenvalue weighted by atomic mass is 16.5. The van der Waals surface area contributed by atoms with E-state index in [2.05, 4.69) is 27.7 Å². The zero-order chi connectivity index (χ0) is 16.7. The molecule has 2 rings (SSSR count). The van der Waals surface area contributed by atoms with E-state index in [1.165, 1.54) is 5.56 Å². The summed E-state index contributed by atoms with van der Waals surface area (Å²) in [5.41, 5.74) is 1.25. The fraction of sp³-hybridized carbons (Fsp3) is 0.611. The van der Waals surface area contributed by atoms with Gasteiger partial charge in [-0.05, 0) is 44.4 Å². The van der Waals surface area contributed by atoms with Crippen molar-refractivity contribution in [3.05, 3.63) is 29.8 Å². The van der Waals surface area contributed by atoms with Crippen LogP contribution in [0.2, 0.25) is 0 Å². The molecule has 2 N–H and O–H groups in total. The van der Waals surface area contributed by atoms with Gasteiger partial charge in [-0.1, -0.05) is 12.1 Å². The molecule has 1 aliphatic rings. The van der Waals surface area contributed by atoms with Crippen LogP contribution < -0.4 is 15.4 Å². The number of likely N-dealkylation sites (tertiary alicyclic amines) is 1. The fourth-order valence-electron chi connectivity index (χ4n) is 2.84. The van der Waals surface area contributed by atoms with Crippen molar-refractivity contribution in [2.24, 2.45) is 0 Å². The first-order valence-electron chi connectivity index (χ1n) is 8.48. The molecule has 1 aliphatic heterocycles. The third-order valence-electron chi connectivity index (χ3n) is 4.10. The van der Waals surface area contributed by atoms with Gasteiger partial charge in [0.25, 0.3) is 0 Å². The Morgan fingerprint density at radius 2 is 2.09 bits per heavy atom. The Hall–Kier alpha value is -1.59. The first kappa shape index (κ1) is 17.8. The van der Waals surface area contributed by atoms with Gasteiger partial charge in [-0.15, -0.1) is 0 Å². The number of hydrogen-bond acceptors (Lipinski definition) is 4. The summed E-state index contributed by atoms with van der Waals surface area (Å²) in [6.07, 6.45) is 2.36. The molecular weight excluding hydrogens is 290 g/mol. The van der Waals surface area contributed by atoms with Crippen molar-refractivity contribution in [1.82, 2.24) is 15.5 Å². The molecule has 0 atom stereocenters. The summed E-state index contributed by atoms with van der Waals surface area (Å²) < 4.78 is 5.74. The van der Waals surface area contributed by atoms with Crippen LogP contribution in [0, 0.1) is 0 Å². The predicted octanol–water partition coefficient (Wildman–Crippen LogP) is 1.77. The molecule has 1 fully saturated rings. The van der Waals surface area contributed by atoms with Crippen LogP contribution in [-0.4, -0.2) is 49.6 Å². The normalized spacial score (nSPS) is 16.5. The summed E-state index contributed by atoms with van der Waals surface area (Å²) >= 11 is 0. The molecule has 5 heteroatoms. The van der Waals surface area contributed by atoms with Crippen LogP contribution >= 0.6 is 0 Å². The molecule has 1 heterocycles. The lowest BCUT2D eigenvalue weighted by Crippen LogP contribution is -2.45. The second-order valence-corrected chi connectivity index (χ2v) is 6.42. The number of rotatable bonds is 7. The first-order valence-corrected chi connectivity index (χ1v) is 8.48. The Balaban J connectivity index is 1.74. The lowest BCUT2D eigenvalue weighted by Gasteiger charge is -2.31. The maximum absolute atomic E-state index is 11.4. The molecule has 1 amide bonds. The summed E-state index contributed by atoms with van der Waals surface area (Å²) in [5.74, 6) is 1.03. The predicted molar refractivity (Wildman–Crippen MR) is 92.6 cm³/mol. The molecule has 5 nitrogen and oxygen atoms in total. The molecule has 1 saturated heterocycles. The standard InChI is InChI=1S/C18H29N3O2/c1-14(2)23-17-6-4-5-15(11-17)12-20-16-7-9-21(10-8-16)13-18(22)19-3/h4-6,11,14,16,20H,7-10,12-13H2,1-3H3,(H,19,22). The summed E-state index contributed by atoms with van der Waals surface area (Å²) in [4.78, 5) is 13.6. The van der Waals surface area contributed by atoms with Crippen LogP contribution in [0.4, 0.5) is 0 Å². The Bertz CT molecular complexity index is 497. The van der Waals surface area contributed by atoms with Crippen LogP contribution in [0.1, 0.15) is 32.3 Å². The van der Waals surface area contributed by atoms with E-state index in [9.17, 15) is 4.79 Å². The molecule has 0 aromatic heterocycles. The second kappa shape index (κ2) is 8.89. The fourth-order valence-corrected chi connectivity index (χ4v) is 2.84. The van der Waals surface area contributed by atoms with Crippen LogP contribution in [0.15, 0.2) is 24.3 Å². The van der Waals surface area contributed by atoms with Gasteiger partial charge in [0.15, 0.2) is 0 Å². The van der Waals surface area contributed by atoms with Gasteiger partial charge in [-0.3, -0.25) is 9.69 Å². The highest BCUT2D eigenvalue weighted by Gasteiger charge is 2.20. The number of likely N-dealkylation sites (N-methyl/N-ethyl adjacent to an activating group) is 1. The van der Waals surface area contributed by atoms with E-state index >= 15 is 0 Å². The van der Waals surface area contributed by atoms with Crippen molar-refractivity contribution in [1.29, 1.82) is 0 Å². The third kappa shape index (κ3) is 6.20. The molecule has 0 saturated carbocycles. The Morgan fingerprint density at radius 3 is 2.74 bits per heavy atom. The summed E-state index contributed by atoms with van der Waals surface area (Å²) in [6, 6.07) is 8.79. The van der Waals surface area contributed by atoms with Gasteiger partial charge in [0.05, 0.1) is 12.6 Å². The minimum absolute atomic E-state index is 0.0957. The molecule has 1 aromatic rings. The van der Waals surface area contributed by atoms with Crippen LogP contribution in [-0.2, 0) is 11.3 Å². The minimum Gasteiger partial charge on any atom is -0.491 e. The largest absolute Gasteiger partial charge is 0.491 e. The molecule has 0 unspecified atom stereocenters. The third-order valence-corrected chi connectivity index (χ3v) is 4.10. The Kier molecular flexibility index (Phi) is 6.86. The van der Waals surface area contributed by atoms with Gasteiger partial charge in [0.2, 0.25) is 5.91 Å². The smallest absolute Gasteiger partial charge is 0.233 e. The van der Waals surface area contributed by atoms with E-state index in [-0.39, 0.29) is 12.0 Å². The molecule has 23 heavy (non-hydrogen) atoms. The second-order valence-electron chi connectivity index (χ2n) is 6.42. The quantitative estimate of drug-likeness (QED) is 0.804. The van der Waals surface area contributed by atoms with E-state index in [4.69, 9.17) is 4.74 Å². The summed E-state index contributed by atoms with van der Waals surface area (Å²) in [6.45, 7) is 7.39. The average Bonchev–Trinajstić information content (AvgIpc) is 2.54. The maximum Gasteiger partial charge on any atom is 0.233 e. The van der Waals surface area contributed by atoms with Crippen molar-refractivity contribution < 1.29 is 9.53 Å². The van der Waals surface area contributed by atoms with Crippen molar-refractivity contribution in [3.63, 3.8) is 0 Å². The number of nitrogens with zero attached hydrogens (tertiary/aromatic N) is 1. The van der Waals surface area contributed by atoms with Crippen LogP contribution in [0.5, 0.6) is 5.75 Å². The van der Waals surface area contributed by atoms with Crippen LogP contribution in [0.3, 0.4) is 0 Å². The van der Waals surface area contributed by atoms with Gasteiger partial charge in [0.1, 0.15) is 5.75 Å². The Labute approximate surface area is 139 Å². The number of carbonyl (C=O) groups is 1. The first-order chi connectivity index (χ1) is 11.1. The van der Waals surface area contributed by atoms with E-state index in [1.54, 1.807) is 7.05 Å². The van der Waals surface area contributed by atoms with Gasteiger partial charge in [-0.25, -0.2) is 0 Å². The molecular formula is C18H29N3O2. The summed E-state index contributed by atoms with van der Waals surface area (Å²) in [7, 11) is 1.69. The monoisotopic (exact) mass is 319 g/mol. The lowest BCUT2D eigenvalue weighted by atomic mass is 10.0. The van der Waals surface area contributed by atoms with E-state index in [1.807, 2.05) is 26.0 Å². The molecule has 0 aliphatic carbocycles. The van der Waals surface area contributed by atoms with E-state index in [0.717, 1.165) is 38.2 Å². The molecule has 0 bridgehead atoms. The highest BCUT2D eigenvalue weighted by Crippen LogP contribution is 2.16. The maximum atomic E-state index is 11.4. The molecule has 128 valence electrons. The number of benzene rings is 1. The number of carbonyl (C=O) groups excluding carboxylic acids is 1. The minimum atomic E-state index is 0.0957. The van der Waals surface area contributed by atoms with Gasteiger partial charge < -0.3 is 15.4 Å². The zero-order valence-corrected chi connectivity index (χ0v) is 14.5. The summed E-state index contributed by atoms with van der Waals surface area (Å²) in [5, 5.41) is 6.30. The van der Waals surface area contributed by atoms with Crippen molar-refractivity contribution >= 4 is 5.91 Å². The highest BCUT2D eigenvalue weighted by molar-refractivity contribution is 5.77.